The summed E-state index contributed by atoms with van der Waals surface area (Å²) in [5, 5.41) is 12.5. The third kappa shape index (κ3) is 4.44. The van der Waals surface area contributed by atoms with Crippen LogP contribution >= 0.6 is 0 Å². The second-order valence-electron chi connectivity index (χ2n) is 5.09. The largest absolute Gasteiger partial charge is 0.392 e. The Balaban J connectivity index is 1.87. The Morgan fingerprint density at radius 2 is 1.75 bits per heavy atom. The molecular formula is C17H20FNO. The summed E-state index contributed by atoms with van der Waals surface area (Å²) >= 11 is 0. The van der Waals surface area contributed by atoms with E-state index in [-0.39, 0.29) is 18.5 Å². The van der Waals surface area contributed by atoms with Crippen molar-refractivity contribution in [2.45, 2.75) is 32.5 Å². The zero-order valence-corrected chi connectivity index (χ0v) is 11.6. The van der Waals surface area contributed by atoms with Gasteiger partial charge in [-0.25, -0.2) is 4.39 Å². The molecule has 0 spiro atoms. The molecule has 0 saturated carbocycles. The van der Waals surface area contributed by atoms with Crippen LogP contribution in [-0.4, -0.2) is 11.1 Å². The van der Waals surface area contributed by atoms with Crippen LogP contribution in [0.25, 0.3) is 0 Å². The number of nitrogens with one attached hydrogen (secondary N) is 1. The zero-order chi connectivity index (χ0) is 14.4. The minimum Gasteiger partial charge on any atom is -0.392 e. The number of aliphatic hydroxyl groups is 1. The van der Waals surface area contributed by atoms with Gasteiger partial charge in [0.1, 0.15) is 5.82 Å². The maximum Gasteiger partial charge on any atom is 0.123 e. The summed E-state index contributed by atoms with van der Waals surface area (Å²) in [4.78, 5) is 0. The Labute approximate surface area is 119 Å². The smallest absolute Gasteiger partial charge is 0.123 e. The van der Waals surface area contributed by atoms with Crippen molar-refractivity contribution in [3.8, 4) is 0 Å². The number of hydrogen-bond donors (Lipinski definition) is 2. The quantitative estimate of drug-likeness (QED) is 0.848. The number of benzene rings is 2. The van der Waals surface area contributed by atoms with E-state index in [1.54, 1.807) is 12.1 Å². The van der Waals surface area contributed by atoms with Gasteiger partial charge in [0.15, 0.2) is 0 Å². The highest BCUT2D eigenvalue weighted by Gasteiger charge is 2.04. The fourth-order valence-corrected chi connectivity index (χ4v) is 2.22. The van der Waals surface area contributed by atoms with Crippen molar-refractivity contribution in [1.82, 2.24) is 5.32 Å². The summed E-state index contributed by atoms with van der Waals surface area (Å²) in [6.45, 7) is 2.89. The third-order valence-electron chi connectivity index (χ3n) is 3.26. The molecule has 0 aliphatic rings. The van der Waals surface area contributed by atoms with E-state index < -0.39 is 0 Å². The van der Waals surface area contributed by atoms with E-state index in [9.17, 15) is 4.39 Å². The van der Waals surface area contributed by atoms with Crippen LogP contribution in [0, 0.1) is 5.82 Å². The van der Waals surface area contributed by atoms with Crippen molar-refractivity contribution in [3.05, 3.63) is 71.0 Å². The van der Waals surface area contributed by atoms with Gasteiger partial charge in [-0.2, -0.15) is 0 Å². The van der Waals surface area contributed by atoms with Crippen LogP contribution < -0.4 is 5.32 Å². The Hall–Kier alpha value is -1.71. The molecule has 2 N–H and O–H groups in total. The Morgan fingerprint density at radius 3 is 2.50 bits per heavy atom. The van der Waals surface area contributed by atoms with Gasteiger partial charge >= 0.3 is 0 Å². The van der Waals surface area contributed by atoms with Gasteiger partial charge < -0.3 is 10.4 Å². The molecule has 2 aromatic carbocycles. The molecule has 1 atom stereocenters. The molecule has 1 unspecified atom stereocenters. The van der Waals surface area contributed by atoms with Crippen molar-refractivity contribution < 1.29 is 9.50 Å². The molecule has 0 radical (unpaired) electrons. The lowest BCUT2D eigenvalue weighted by molar-refractivity contribution is 0.281. The molecule has 2 aromatic rings. The van der Waals surface area contributed by atoms with E-state index in [1.807, 2.05) is 30.3 Å². The first-order chi connectivity index (χ1) is 9.67. The maximum absolute atomic E-state index is 13.1. The van der Waals surface area contributed by atoms with Crippen LogP contribution in [-0.2, 0) is 19.6 Å². The normalized spacial score (nSPS) is 12.3. The Kier molecular flexibility index (Phi) is 5.27. The second kappa shape index (κ2) is 7.17. The summed E-state index contributed by atoms with van der Waals surface area (Å²) in [6.07, 6.45) is 0.789. The second-order valence-corrected chi connectivity index (χ2v) is 5.09. The lowest BCUT2D eigenvalue weighted by Gasteiger charge is -2.14. The van der Waals surface area contributed by atoms with Crippen molar-refractivity contribution in [2.24, 2.45) is 0 Å². The summed E-state index contributed by atoms with van der Waals surface area (Å²) in [5.41, 5.74) is 3.05. The summed E-state index contributed by atoms with van der Waals surface area (Å²) < 4.78 is 13.1. The maximum atomic E-state index is 13.1. The molecule has 0 saturated heterocycles. The summed E-state index contributed by atoms with van der Waals surface area (Å²) in [6, 6.07) is 14.8. The SMILES string of the molecule is CC(Cc1cccc(F)c1)NCc1cccc(CO)c1. The van der Waals surface area contributed by atoms with Crippen molar-refractivity contribution in [1.29, 1.82) is 0 Å². The molecule has 2 rings (SSSR count). The predicted octanol–water partition coefficient (Wildman–Crippen LogP) is 3.04. The van der Waals surface area contributed by atoms with Crippen LogP contribution in [0.15, 0.2) is 48.5 Å². The molecule has 0 aliphatic carbocycles. The monoisotopic (exact) mass is 273 g/mol. The predicted molar refractivity (Wildman–Crippen MR) is 78.8 cm³/mol. The zero-order valence-electron chi connectivity index (χ0n) is 11.6. The van der Waals surface area contributed by atoms with Crippen LogP contribution in [0.4, 0.5) is 4.39 Å². The molecular weight excluding hydrogens is 253 g/mol. The lowest BCUT2D eigenvalue weighted by Crippen LogP contribution is -2.27. The van der Waals surface area contributed by atoms with Crippen molar-refractivity contribution in [3.63, 3.8) is 0 Å². The molecule has 0 aliphatic heterocycles. The Morgan fingerprint density at radius 1 is 1.05 bits per heavy atom. The average Bonchev–Trinajstić information content (AvgIpc) is 2.45. The van der Waals surface area contributed by atoms with Crippen LogP contribution in [0.1, 0.15) is 23.6 Å². The fourth-order valence-electron chi connectivity index (χ4n) is 2.22. The standard InChI is InChI=1S/C17H20FNO/c1-13(8-14-4-3-7-17(18)10-14)19-11-15-5-2-6-16(9-15)12-20/h2-7,9-10,13,19-20H,8,11-12H2,1H3. The minimum atomic E-state index is -0.189. The van der Waals surface area contributed by atoms with E-state index >= 15 is 0 Å². The van der Waals surface area contributed by atoms with Crippen LogP contribution in [0.2, 0.25) is 0 Å². The van der Waals surface area contributed by atoms with Crippen LogP contribution in [0.3, 0.4) is 0 Å². The fraction of sp³-hybridized carbons (Fsp3) is 0.294. The average molecular weight is 273 g/mol. The number of rotatable bonds is 6. The van der Waals surface area contributed by atoms with Gasteiger partial charge in [0.2, 0.25) is 0 Å². The highest BCUT2D eigenvalue weighted by atomic mass is 19.1. The minimum absolute atomic E-state index is 0.0622. The van der Waals surface area contributed by atoms with Crippen molar-refractivity contribution >= 4 is 0 Å². The van der Waals surface area contributed by atoms with Gasteiger partial charge in [0.25, 0.3) is 0 Å². The van der Waals surface area contributed by atoms with E-state index in [0.29, 0.717) is 0 Å². The summed E-state index contributed by atoms with van der Waals surface area (Å²) in [7, 11) is 0. The first-order valence-electron chi connectivity index (χ1n) is 6.84. The number of halogens is 1. The van der Waals surface area contributed by atoms with Gasteiger partial charge in [-0.3, -0.25) is 0 Å². The highest BCUT2D eigenvalue weighted by Crippen LogP contribution is 2.08. The van der Waals surface area contributed by atoms with E-state index in [0.717, 1.165) is 29.7 Å². The van der Waals surface area contributed by atoms with Gasteiger partial charge in [0, 0.05) is 12.6 Å². The van der Waals surface area contributed by atoms with Gasteiger partial charge in [-0.15, -0.1) is 0 Å². The van der Waals surface area contributed by atoms with Gasteiger partial charge in [-0.1, -0.05) is 36.4 Å². The van der Waals surface area contributed by atoms with Crippen LogP contribution in [0.5, 0.6) is 0 Å². The summed E-state index contributed by atoms with van der Waals surface area (Å²) in [5.74, 6) is -0.189. The molecule has 0 fully saturated rings. The molecule has 0 amide bonds. The van der Waals surface area contributed by atoms with Gasteiger partial charge in [0.05, 0.1) is 6.61 Å². The topological polar surface area (TPSA) is 32.3 Å². The first-order valence-corrected chi connectivity index (χ1v) is 6.84. The molecule has 0 heterocycles. The Bertz CT molecular complexity index is 556. The number of aliphatic hydroxyl groups excluding tert-OH is 1. The van der Waals surface area contributed by atoms with Gasteiger partial charge in [-0.05, 0) is 42.2 Å². The molecule has 20 heavy (non-hydrogen) atoms. The van der Waals surface area contributed by atoms with E-state index in [2.05, 4.69) is 12.2 Å². The molecule has 2 nitrogen and oxygen atoms in total. The third-order valence-corrected chi connectivity index (χ3v) is 3.26. The molecule has 0 bridgehead atoms. The molecule has 0 aromatic heterocycles. The van der Waals surface area contributed by atoms with E-state index in [1.165, 1.54) is 6.07 Å². The first kappa shape index (κ1) is 14.7. The molecule has 106 valence electrons. The molecule has 3 heteroatoms. The highest BCUT2D eigenvalue weighted by molar-refractivity contribution is 5.23. The van der Waals surface area contributed by atoms with E-state index in [4.69, 9.17) is 5.11 Å². The lowest BCUT2D eigenvalue weighted by atomic mass is 10.1. The number of hydrogen-bond acceptors (Lipinski definition) is 2. The van der Waals surface area contributed by atoms with Crippen molar-refractivity contribution in [2.75, 3.05) is 0 Å².